The molecule has 1 fully saturated rings. The van der Waals surface area contributed by atoms with Crippen molar-refractivity contribution < 1.29 is 19.0 Å². The fourth-order valence-corrected chi connectivity index (χ4v) is 2.14. The van der Waals surface area contributed by atoms with Crippen molar-refractivity contribution >= 4 is 5.97 Å². The third-order valence-corrected chi connectivity index (χ3v) is 3.32. The number of methoxy groups -OCH3 is 1. The molecule has 0 saturated heterocycles. The van der Waals surface area contributed by atoms with Gasteiger partial charge in [0.25, 0.3) is 0 Å². The molecule has 0 aliphatic heterocycles. The van der Waals surface area contributed by atoms with Crippen molar-refractivity contribution in [3.63, 3.8) is 0 Å². The molecule has 104 valence electrons. The van der Waals surface area contributed by atoms with Crippen LogP contribution in [0.2, 0.25) is 0 Å². The monoisotopic (exact) mass is 267 g/mol. The third-order valence-electron chi connectivity index (χ3n) is 3.32. The zero-order chi connectivity index (χ0) is 13.8. The predicted octanol–water partition coefficient (Wildman–Crippen LogP) is 2.13. The first-order chi connectivity index (χ1) is 9.11. The summed E-state index contributed by atoms with van der Waals surface area (Å²) in [4.78, 5) is 13.3. The van der Waals surface area contributed by atoms with Gasteiger partial charge in [0.1, 0.15) is 5.82 Å². The molecule has 4 nitrogen and oxygen atoms in total. The number of carboxylic acids is 1. The molecule has 0 radical (unpaired) electrons. The lowest BCUT2D eigenvalue weighted by Gasteiger charge is -2.22. The molecule has 0 bridgehead atoms. The van der Waals surface area contributed by atoms with Gasteiger partial charge >= 0.3 is 5.97 Å². The molecule has 0 unspecified atom stereocenters. The minimum absolute atomic E-state index is 0.0445. The van der Waals surface area contributed by atoms with E-state index in [-0.39, 0.29) is 5.56 Å². The molecule has 0 heterocycles. The van der Waals surface area contributed by atoms with Crippen LogP contribution in [-0.4, -0.2) is 42.3 Å². The smallest absolute Gasteiger partial charge is 0.336 e. The van der Waals surface area contributed by atoms with Gasteiger partial charge in [-0.2, -0.15) is 0 Å². The Morgan fingerprint density at radius 2 is 2.26 bits per heavy atom. The molecule has 1 aromatic carbocycles. The van der Waals surface area contributed by atoms with Crippen LogP contribution in [0.25, 0.3) is 0 Å². The number of carbonyl (C=O) groups is 1. The van der Waals surface area contributed by atoms with Crippen LogP contribution in [0.5, 0.6) is 0 Å². The van der Waals surface area contributed by atoms with E-state index in [1.807, 2.05) is 0 Å². The van der Waals surface area contributed by atoms with Gasteiger partial charge in [-0.3, -0.25) is 4.90 Å². The molecular formula is C14H18FNO3. The Kier molecular flexibility index (Phi) is 4.50. The fraction of sp³-hybridized carbons (Fsp3) is 0.500. The van der Waals surface area contributed by atoms with E-state index in [9.17, 15) is 9.18 Å². The number of hydrogen-bond acceptors (Lipinski definition) is 3. The van der Waals surface area contributed by atoms with Crippen molar-refractivity contribution in [2.45, 2.75) is 25.4 Å². The highest BCUT2D eigenvalue weighted by Gasteiger charge is 2.29. The van der Waals surface area contributed by atoms with E-state index in [0.29, 0.717) is 24.8 Å². The van der Waals surface area contributed by atoms with Gasteiger partial charge in [0.05, 0.1) is 12.2 Å². The summed E-state index contributed by atoms with van der Waals surface area (Å²) in [6.45, 7) is 1.90. The third kappa shape index (κ3) is 3.75. The molecule has 5 heteroatoms. The van der Waals surface area contributed by atoms with Crippen molar-refractivity contribution in [1.82, 2.24) is 4.90 Å². The Bertz CT molecular complexity index is 460. The number of rotatable bonds is 7. The van der Waals surface area contributed by atoms with Crippen molar-refractivity contribution in [2.24, 2.45) is 0 Å². The highest BCUT2D eigenvalue weighted by atomic mass is 19.1. The summed E-state index contributed by atoms with van der Waals surface area (Å²) < 4.78 is 18.2. The predicted molar refractivity (Wildman–Crippen MR) is 68.7 cm³/mol. The summed E-state index contributed by atoms with van der Waals surface area (Å²) in [5.74, 6) is -1.60. The maximum absolute atomic E-state index is 13.1. The van der Waals surface area contributed by atoms with Gasteiger partial charge in [-0.15, -0.1) is 0 Å². The molecule has 2 rings (SSSR count). The summed E-state index contributed by atoms with van der Waals surface area (Å²) in [6, 6.07) is 4.45. The Balaban J connectivity index is 2.13. The van der Waals surface area contributed by atoms with E-state index >= 15 is 0 Å². The molecule has 19 heavy (non-hydrogen) atoms. The number of aromatic carboxylic acids is 1. The quantitative estimate of drug-likeness (QED) is 0.822. The van der Waals surface area contributed by atoms with Crippen molar-refractivity contribution in [3.05, 3.63) is 35.1 Å². The molecule has 0 aromatic heterocycles. The lowest BCUT2D eigenvalue weighted by molar-refractivity contribution is 0.0693. The van der Waals surface area contributed by atoms with Gasteiger partial charge in [-0.1, -0.05) is 6.07 Å². The van der Waals surface area contributed by atoms with Crippen molar-refractivity contribution in [2.75, 3.05) is 20.3 Å². The van der Waals surface area contributed by atoms with E-state index in [2.05, 4.69) is 4.90 Å². The van der Waals surface area contributed by atoms with Crippen LogP contribution in [0.3, 0.4) is 0 Å². The van der Waals surface area contributed by atoms with Gasteiger partial charge < -0.3 is 9.84 Å². The van der Waals surface area contributed by atoms with Crippen molar-refractivity contribution in [1.29, 1.82) is 0 Å². The first-order valence-corrected chi connectivity index (χ1v) is 6.36. The minimum atomic E-state index is -1.09. The lowest BCUT2D eigenvalue weighted by Crippen LogP contribution is -2.29. The van der Waals surface area contributed by atoms with E-state index in [1.165, 1.54) is 6.07 Å². The second-order valence-electron chi connectivity index (χ2n) is 4.80. The zero-order valence-corrected chi connectivity index (χ0v) is 10.9. The Morgan fingerprint density at radius 1 is 1.53 bits per heavy atom. The first-order valence-electron chi connectivity index (χ1n) is 6.36. The standard InChI is InChI=1S/C14H18FNO3/c1-19-7-6-16(12-4-5-12)9-10-2-3-11(15)8-13(10)14(17)18/h2-3,8,12H,4-7,9H2,1H3,(H,17,18). The molecule has 1 aliphatic carbocycles. The fourth-order valence-electron chi connectivity index (χ4n) is 2.14. The van der Waals surface area contributed by atoms with Gasteiger partial charge in [0.15, 0.2) is 0 Å². The number of hydrogen-bond donors (Lipinski definition) is 1. The lowest BCUT2D eigenvalue weighted by atomic mass is 10.1. The Labute approximate surface area is 111 Å². The Morgan fingerprint density at radius 3 is 2.84 bits per heavy atom. The normalized spacial score (nSPS) is 14.9. The van der Waals surface area contributed by atoms with E-state index in [1.54, 1.807) is 13.2 Å². The highest BCUT2D eigenvalue weighted by molar-refractivity contribution is 5.89. The SMILES string of the molecule is COCCN(Cc1ccc(F)cc1C(=O)O)C1CC1. The maximum Gasteiger partial charge on any atom is 0.336 e. The molecule has 0 atom stereocenters. The second-order valence-corrected chi connectivity index (χ2v) is 4.80. The summed E-state index contributed by atoms with van der Waals surface area (Å²) in [7, 11) is 1.64. The Hall–Kier alpha value is -1.46. The van der Waals surface area contributed by atoms with E-state index in [4.69, 9.17) is 9.84 Å². The molecule has 1 saturated carbocycles. The zero-order valence-electron chi connectivity index (χ0n) is 10.9. The number of benzene rings is 1. The number of ether oxygens (including phenoxy) is 1. The highest BCUT2D eigenvalue weighted by Crippen LogP contribution is 2.28. The summed E-state index contributed by atoms with van der Waals surface area (Å²) in [6.07, 6.45) is 2.26. The van der Waals surface area contributed by atoms with Crippen LogP contribution in [0, 0.1) is 5.82 Å². The first kappa shape index (κ1) is 14.0. The average molecular weight is 267 g/mol. The van der Waals surface area contributed by atoms with Crippen LogP contribution in [0.15, 0.2) is 18.2 Å². The molecule has 1 N–H and O–H groups in total. The molecule has 0 amide bonds. The number of halogens is 1. The average Bonchev–Trinajstić information content (AvgIpc) is 3.20. The number of nitrogens with zero attached hydrogens (tertiary/aromatic N) is 1. The largest absolute Gasteiger partial charge is 0.478 e. The summed E-state index contributed by atoms with van der Waals surface area (Å²) in [5, 5.41) is 9.12. The summed E-state index contributed by atoms with van der Waals surface area (Å²) >= 11 is 0. The maximum atomic E-state index is 13.1. The van der Waals surface area contributed by atoms with Gasteiger partial charge in [0, 0.05) is 26.2 Å². The van der Waals surface area contributed by atoms with Gasteiger partial charge in [-0.25, -0.2) is 9.18 Å². The van der Waals surface area contributed by atoms with Crippen LogP contribution in [0.4, 0.5) is 4.39 Å². The van der Waals surface area contributed by atoms with Crippen LogP contribution < -0.4 is 0 Å². The van der Waals surface area contributed by atoms with Crippen molar-refractivity contribution in [3.8, 4) is 0 Å². The number of carboxylic acid groups (broad SMARTS) is 1. The molecule has 1 aromatic rings. The second kappa shape index (κ2) is 6.12. The molecule has 1 aliphatic rings. The van der Waals surface area contributed by atoms with E-state index in [0.717, 1.165) is 25.5 Å². The van der Waals surface area contributed by atoms with E-state index < -0.39 is 11.8 Å². The van der Waals surface area contributed by atoms with Crippen LogP contribution in [0.1, 0.15) is 28.8 Å². The minimum Gasteiger partial charge on any atom is -0.478 e. The summed E-state index contributed by atoms with van der Waals surface area (Å²) in [5.41, 5.74) is 0.694. The molecular weight excluding hydrogens is 249 g/mol. The topological polar surface area (TPSA) is 49.8 Å². The van der Waals surface area contributed by atoms with Crippen LogP contribution in [-0.2, 0) is 11.3 Å². The molecule has 0 spiro atoms. The van der Waals surface area contributed by atoms with Crippen LogP contribution >= 0.6 is 0 Å². The van der Waals surface area contributed by atoms with Gasteiger partial charge in [0.2, 0.25) is 0 Å². The van der Waals surface area contributed by atoms with Gasteiger partial charge in [-0.05, 0) is 30.5 Å².